The summed E-state index contributed by atoms with van der Waals surface area (Å²) in [5.74, 6) is 0.647. The highest BCUT2D eigenvalue weighted by atomic mass is 35.5. The van der Waals surface area contributed by atoms with Crippen molar-refractivity contribution in [2.75, 3.05) is 12.3 Å². The molecule has 7 nitrogen and oxygen atoms in total. The second-order valence-electron chi connectivity index (χ2n) is 8.77. The van der Waals surface area contributed by atoms with Gasteiger partial charge in [0, 0.05) is 24.8 Å². The van der Waals surface area contributed by atoms with Gasteiger partial charge in [-0.15, -0.1) is 22.6 Å². The van der Waals surface area contributed by atoms with Gasteiger partial charge in [-0.05, 0) is 30.7 Å². The molecule has 1 saturated carbocycles. The lowest BCUT2D eigenvalue weighted by molar-refractivity contribution is -0.126. The minimum Gasteiger partial charge on any atom is -0.408 e. The summed E-state index contributed by atoms with van der Waals surface area (Å²) < 4.78 is 5.61. The van der Waals surface area contributed by atoms with Crippen molar-refractivity contribution in [3.05, 3.63) is 41.8 Å². The highest BCUT2D eigenvalue weighted by Gasteiger charge is 2.30. The maximum absolute atomic E-state index is 13.0. The van der Waals surface area contributed by atoms with E-state index in [1.807, 2.05) is 32.0 Å². The van der Waals surface area contributed by atoms with E-state index in [2.05, 4.69) is 33.0 Å². The molecule has 9 heteroatoms. The summed E-state index contributed by atoms with van der Waals surface area (Å²) in [6, 6.07) is 9.57. The Morgan fingerprint density at radius 2 is 1.85 bits per heavy atom. The van der Waals surface area contributed by atoms with E-state index in [1.165, 1.54) is 23.7 Å². The second kappa shape index (κ2) is 14.4. The molecule has 1 atom stereocenters. The van der Waals surface area contributed by atoms with Gasteiger partial charge in [0.05, 0.1) is 6.04 Å². The summed E-state index contributed by atoms with van der Waals surface area (Å²) in [5.41, 5.74) is 1.23. The molecule has 1 aromatic heterocycles. The van der Waals surface area contributed by atoms with Crippen LogP contribution in [0.25, 0.3) is 0 Å². The number of Topliss-reactive ketones (excluding diaryl/α,β-unsaturated/α-hetero) is 1. The first kappa shape index (κ1) is 27.3. The zero-order valence-corrected chi connectivity index (χ0v) is 21.1. The van der Waals surface area contributed by atoms with Gasteiger partial charge in [0.15, 0.2) is 0 Å². The Labute approximate surface area is 206 Å². The zero-order chi connectivity index (χ0) is 22.8. The van der Waals surface area contributed by atoms with Crippen LogP contribution < -0.4 is 10.6 Å². The number of hydrogen-bond donors (Lipinski definition) is 2. The molecule has 3 rings (SSSR count). The Morgan fingerprint density at radius 3 is 2.55 bits per heavy atom. The van der Waals surface area contributed by atoms with Gasteiger partial charge < -0.3 is 15.1 Å². The lowest BCUT2D eigenvalue weighted by Crippen LogP contribution is -2.45. The quantitative estimate of drug-likeness (QED) is 0.251. The number of carbonyl (C=O) groups excluding carboxylic acids is 2. The van der Waals surface area contributed by atoms with Crippen molar-refractivity contribution in [3.8, 4) is 0 Å². The van der Waals surface area contributed by atoms with Crippen molar-refractivity contribution in [3.63, 3.8) is 0 Å². The first-order valence-electron chi connectivity index (χ1n) is 11.6. The summed E-state index contributed by atoms with van der Waals surface area (Å²) in [4.78, 5) is 25.7. The number of hydrogen-bond acceptors (Lipinski definition) is 7. The number of amides is 1. The molecule has 33 heavy (non-hydrogen) atoms. The van der Waals surface area contributed by atoms with Crippen LogP contribution in [0, 0.1) is 11.8 Å². The third-order valence-electron chi connectivity index (χ3n) is 5.61. The van der Waals surface area contributed by atoms with Crippen molar-refractivity contribution in [2.24, 2.45) is 11.8 Å². The first-order valence-corrected chi connectivity index (χ1v) is 12.6. The third-order valence-corrected chi connectivity index (χ3v) is 6.43. The predicted octanol–water partition coefficient (Wildman–Crippen LogP) is 4.67. The number of nitrogens with zero attached hydrogens (tertiary/aromatic N) is 2. The number of halogens is 1. The summed E-state index contributed by atoms with van der Waals surface area (Å²) in [6.07, 6.45) is 5.67. The number of rotatable bonds is 12. The summed E-state index contributed by atoms with van der Waals surface area (Å²) >= 11 is 1.41. The molecule has 182 valence electrons. The van der Waals surface area contributed by atoms with E-state index in [0.717, 1.165) is 44.5 Å². The average molecular weight is 495 g/mol. The number of aromatic nitrogens is 2. The topological polar surface area (TPSA) is 97.1 Å². The molecule has 1 amide bonds. The second-order valence-corrected chi connectivity index (χ2v) is 9.82. The van der Waals surface area contributed by atoms with Gasteiger partial charge in [0.1, 0.15) is 0 Å². The Hall–Kier alpha value is -1.90. The SMILES string of the molecule is CC(C)C[C@H](NC(=O)C1CCCCC1)C(=O)c1nnc(SCCNCc2ccccc2)o1.Cl. The fraction of sp³-hybridized carbons (Fsp3) is 0.583. The lowest BCUT2D eigenvalue weighted by Gasteiger charge is -2.24. The van der Waals surface area contributed by atoms with Crippen LogP contribution >= 0.6 is 24.2 Å². The number of ketones is 1. The Morgan fingerprint density at radius 1 is 1.12 bits per heavy atom. The standard InChI is InChI=1S/C24H34N4O3S.ClH/c1-17(2)15-20(26-22(30)19-11-7-4-8-12-19)21(29)23-27-28-24(31-23)32-14-13-25-16-18-9-5-3-6-10-18;/h3,5-6,9-10,17,19-20,25H,4,7-8,11-16H2,1-2H3,(H,26,30);1H/t20-;/m0./s1. The largest absolute Gasteiger partial charge is 0.408 e. The minimum atomic E-state index is -0.629. The van der Waals surface area contributed by atoms with E-state index in [1.54, 1.807) is 0 Å². The van der Waals surface area contributed by atoms with E-state index in [4.69, 9.17) is 4.42 Å². The first-order chi connectivity index (χ1) is 15.5. The Balaban J connectivity index is 0.00000385. The van der Waals surface area contributed by atoms with E-state index in [9.17, 15) is 9.59 Å². The van der Waals surface area contributed by atoms with Crippen LogP contribution in [0.3, 0.4) is 0 Å². The third kappa shape index (κ3) is 9.10. The van der Waals surface area contributed by atoms with Gasteiger partial charge in [-0.25, -0.2) is 0 Å². The normalized spacial score (nSPS) is 15.1. The molecule has 2 aromatic rings. The van der Waals surface area contributed by atoms with Crippen LogP contribution in [0.15, 0.2) is 40.0 Å². The molecular formula is C24H35ClN4O3S. The smallest absolute Gasteiger partial charge is 0.286 e. The predicted molar refractivity (Wildman–Crippen MR) is 133 cm³/mol. The Kier molecular flexibility index (Phi) is 11.9. The van der Waals surface area contributed by atoms with Gasteiger partial charge in [0.25, 0.3) is 11.1 Å². The van der Waals surface area contributed by atoms with Gasteiger partial charge >= 0.3 is 0 Å². The molecule has 1 aromatic carbocycles. The van der Waals surface area contributed by atoms with E-state index < -0.39 is 6.04 Å². The summed E-state index contributed by atoms with van der Waals surface area (Å²) in [7, 11) is 0. The van der Waals surface area contributed by atoms with Crippen LogP contribution in [0.5, 0.6) is 0 Å². The highest BCUT2D eigenvalue weighted by molar-refractivity contribution is 7.99. The maximum Gasteiger partial charge on any atom is 0.286 e. The molecular weight excluding hydrogens is 460 g/mol. The number of nitrogens with one attached hydrogen (secondary N) is 2. The monoisotopic (exact) mass is 494 g/mol. The average Bonchev–Trinajstić information content (AvgIpc) is 3.28. The van der Waals surface area contributed by atoms with Crippen LogP contribution in [-0.2, 0) is 11.3 Å². The van der Waals surface area contributed by atoms with Crippen LogP contribution in [0.1, 0.15) is 68.6 Å². The van der Waals surface area contributed by atoms with Crippen LogP contribution in [-0.4, -0.2) is 40.2 Å². The molecule has 0 saturated heterocycles. The van der Waals surface area contributed by atoms with Crippen molar-refractivity contribution in [1.29, 1.82) is 0 Å². The van der Waals surface area contributed by atoms with Gasteiger partial charge in [-0.1, -0.05) is 75.2 Å². The highest BCUT2D eigenvalue weighted by Crippen LogP contribution is 2.24. The fourth-order valence-corrected chi connectivity index (χ4v) is 4.57. The van der Waals surface area contributed by atoms with Crippen molar-refractivity contribution in [1.82, 2.24) is 20.8 Å². The number of carbonyl (C=O) groups is 2. The van der Waals surface area contributed by atoms with E-state index in [-0.39, 0.29) is 41.8 Å². The summed E-state index contributed by atoms with van der Waals surface area (Å²) in [5, 5.41) is 14.7. The molecule has 1 fully saturated rings. The van der Waals surface area contributed by atoms with E-state index >= 15 is 0 Å². The fourth-order valence-electron chi connectivity index (χ4n) is 3.91. The minimum absolute atomic E-state index is 0. The molecule has 0 bridgehead atoms. The van der Waals surface area contributed by atoms with Crippen molar-refractivity contribution in [2.45, 2.75) is 70.2 Å². The van der Waals surface area contributed by atoms with Gasteiger partial charge in [-0.2, -0.15) is 0 Å². The van der Waals surface area contributed by atoms with Crippen molar-refractivity contribution < 1.29 is 14.0 Å². The van der Waals surface area contributed by atoms with Crippen molar-refractivity contribution >= 4 is 35.9 Å². The molecule has 0 spiro atoms. The molecule has 0 aliphatic heterocycles. The van der Waals surface area contributed by atoms with Gasteiger partial charge in [0.2, 0.25) is 11.7 Å². The Bertz CT molecular complexity index is 856. The van der Waals surface area contributed by atoms with Gasteiger partial charge in [-0.3, -0.25) is 9.59 Å². The van der Waals surface area contributed by atoms with E-state index in [0.29, 0.717) is 11.6 Å². The van der Waals surface area contributed by atoms with Crippen LogP contribution in [0.2, 0.25) is 0 Å². The molecule has 1 heterocycles. The lowest BCUT2D eigenvalue weighted by atomic mass is 9.88. The molecule has 2 N–H and O–H groups in total. The molecule has 1 aliphatic carbocycles. The molecule has 1 aliphatic rings. The number of thioether (sulfide) groups is 1. The summed E-state index contributed by atoms with van der Waals surface area (Å²) in [6.45, 7) is 5.64. The zero-order valence-electron chi connectivity index (χ0n) is 19.4. The maximum atomic E-state index is 13.0. The van der Waals surface area contributed by atoms with Crippen LogP contribution in [0.4, 0.5) is 0 Å². The molecule has 0 radical (unpaired) electrons. The molecule has 0 unspecified atom stereocenters. The number of benzene rings is 1.